The fourth-order valence-electron chi connectivity index (χ4n) is 5.49. The highest BCUT2D eigenvalue weighted by atomic mass is 14.3. The van der Waals surface area contributed by atoms with Crippen molar-refractivity contribution in [3.63, 3.8) is 0 Å². The van der Waals surface area contributed by atoms with E-state index < -0.39 is 0 Å². The molecule has 0 heterocycles. The van der Waals surface area contributed by atoms with Crippen molar-refractivity contribution >= 4 is 0 Å². The Morgan fingerprint density at radius 1 is 0.862 bits per heavy atom. The van der Waals surface area contributed by atoms with Gasteiger partial charge in [0.25, 0.3) is 0 Å². The standard InChI is InChI=1S/C28H39N/c1-2-6-23-14-18-27(19-15-23)28-20-16-26(17-21-28)13-12-25-10-8-24(9-11-25)7-4-3-5-22-29/h3-5,7,14-15,18-19,24-26,28H,2,6,8-13,16-17,20-21H2,1H3/t24-,25-,26-,28-. The van der Waals surface area contributed by atoms with Crippen molar-refractivity contribution in [2.45, 2.75) is 89.9 Å². The Kier molecular flexibility index (Phi) is 9.07. The number of allylic oxidation sites excluding steroid dienone is 4. The molecule has 29 heavy (non-hydrogen) atoms. The molecule has 0 aliphatic heterocycles. The van der Waals surface area contributed by atoms with Crippen LogP contribution in [-0.2, 0) is 6.42 Å². The lowest BCUT2D eigenvalue weighted by atomic mass is 9.74. The predicted molar refractivity (Wildman–Crippen MR) is 124 cm³/mol. The van der Waals surface area contributed by atoms with Crippen molar-refractivity contribution in [2.24, 2.45) is 17.8 Å². The monoisotopic (exact) mass is 389 g/mol. The normalized spacial score (nSPS) is 28.0. The summed E-state index contributed by atoms with van der Waals surface area (Å²) in [5, 5.41) is 8.53. The molecular weight excluding hydrogens is 350 g/mol. The quantitative estimate of drug-likeness (QED) is 0.325. The second-order valence-corrected chi connectivity index (χ2v) is 9.44. The minimum Gasteiger partial charge on any atom is -0.193 e. The summed E-state index contributed by atoms with van der Waals surface area (Å²) in [6.07, 6.45) is 24.3. The molecule has 0 N–H and O–H groups in total. The van der Waals surface area contributed by atoms with Gasteiger partial charge in [0.1, 0.15) is 0 Å². The molecule has 0 unspecified atom stereocenters. The average molecular weight is 390 g/mol. The van der Waals surface area contributed by atoms with Crippen LogP contribution in [0, 0.1) is 29.1 Å². The van der Waals surface area contributed by atoms with E-state index in [0.29, 0.717) is 0 Å². The molecule has 0 radical (unpaired) electrons. The SMILES string of the molecule is CCCc1ccc([C@H]2CC[C@H](CC[C@H]3CC[C@H](C=CC=CC#N)CC3)CC2)cc1. The van der Waals surface area contributed by atoms with Crippen molar-refractivity contribution in [1.29, 1.82) is 5.26 Å². The lowest BCUT2D eigenvalue weighted by Gasteiger charge is -2.31. The number of nitrogens with zero attached hydrogens (tertiary/aromatic N) is 1. The van der Waals surface area contributed by atoms with Gasteiger partial charge in [0.05, 0.1) is 6.07 Å². The average Bonchev–Trinajstić information content (AvgIpc) is 2.77. The zero-order valence-corrected chi connectivity index (χ0v) is 18.4. The molecule has 1 aromatic carbocycles. The molecular formula is C28H39N. The Hall–Kier alpha value is -1.81. The van der Waals surface area contributed by atoms with E-state index in [9.17, 15) is 0 Å². The van der Waals surface area contributed by atoms with Crippen molar-refractivity contribution < 1.29 is 0 Å². The van der Waals surface area contributed by atoms with Gasteiger partial charge in [-0.2, -0.15) is 5.26 Å². The van der Waals surface area contributed by atoms with Gasteiger partial charge >= 0.3 is 0 Å². The zero-order valence-electron chi connectivity index (χ0n) is 18.4. The van der Waals surface area contributed by atoms with E-state index in [2.05, 4.69) is 43.3 Å². The van der Waals surface area contributed by atoms with Crippen molar-refractivity contribution in [1.82, 2.24) is 0 Å². The third-order valence-electron chi connectivity index (χ3n) is 7.38. The first-order chi connectivity index (χ1) is 14.3. The topological polar surface area (TPSA) is 23.8 Å². The second-order valence-electron chi connectivity index (χ2n) is 9.44. The molecule has 0 atom stereocenters. The van der Waals surface area contributed by atoms with Crippen LogP contribution in [0.5, 0.6) is 0 Å². The maximum atomic E-state index is 8.53. The van der Waals surface area contributed by atoms with Gasteiger partial charge in [0, 0.05) is 6.08 Å². The molecule has 2 aliphatic carbocycles. The van der Waals surface area contributed by atoms with Crippen LogP contribution in [0.15, 0.2) is 48.6 Å². The van der Waals surface area contributed by atoms with Crippen LogP contribution in [0.2, 0.25) is 0 Å². The third-order valence-corrected chi connectivity index (χ3v) is 7.38. The van der Waals surface area contributed by atoms with Crippen LogP contribution < -0.4 is 0 Å². The molecule has 0 aromatic heterocycles. The summed E-state index contributed by atoms with van der Waals surface area (Å²) in [6.45, 7) is 2.26. The van der Waals surface area contributed by atoms with Crippen LogP contribution >= 0.6 is 0 Å². The van der Waals surface area contributed by atoms with Crippen LogP contribution in [-0.4, -0.2) is 0 Å². The lowest BCUT2D eigenvalue weighted by molar-refractivity contribution is 0.246. The lowest BCUT2D eigenvalue weighted by Crippen LogP contribution is -2.17. The highest BCUT2D eigenvalue weighted by molar-refractivity contribution is 5.26. The molecule has 2 fully saturated rings. The summed E-state index contributed by atoms with van der Waals surface area (Å²) in [7, 11) is 0. The van der Waals surface area contributed by atoms with Gasteiger partial charge in [0.2, 0.25) is 0 Å². The van der Waals surface area contributed by atoms with E-state index in [1.807, 2.05) is 12.1 Å². The molecule has 2 saturated carbocycles. The summed E-state index contributed by atoms with van der Waals surface area (Å²) in [5.41, 5.74) is 3.08. The summed E-state index contributed by atoms with van der Waals surface area (Å²) in [5.74, 6) is 3.46. The van der Waals surface area contributed by atoms with Crippen molar-refractivity contribution in [2.75, 3.05) is 0 Å². The van der Waals surface area contributed by atoms with Gasteiger partial charge in [-0.3, -0.25) is 0 Å². The number of rotatable bonds is 8. The third kappa shape index (κ3) is 7.18. The van der Waals surface area contributed by atoms with Crippen molar-refractivity contribution in [3.8, 4) is 6.07 Å². The minimum absolute atomic E-state index is 0.730. The maximum absolute atomic E-state index is 8.53. The van der Waals surface area contributed by atoms with E-state index in [1.54, 1.807) is 11.6 Å². The number of hydrogen-bond donors (Lipinski definition) is 0. The van der Waals surface area contributed by atoms with Gasteiger partial charge in [-0.1, -0.05) is 68.7 Å². The van der Waals surface area contributed by atoms with E-state index in [0.717, 1.165) is 23.7 Å². The Morgan fingerprint density at radius 3 is 2.07 bits per heavy atom. The first-order valence-corrected chi connectivity index (χ1v) is 12.1. The molecule has 0 bridgehead atoms. The Balaban J connectivity index is 1.33. The largest absolute Gasteiger partial charge is 0.193 e. The first-order valence-electron chi connectivity index (χ1n) is 12.1. The predicted octanol–water partition coefficient (Wildman–Crippen LogP) is 8.14. The summed E-state index contributed by atoms with van der Waals surface area (Å²) in [4.78, 5) is 0. The van der Waals surface area contributed by atoms with Gasteiger partial charge in [-0.05, 0) is 92.6 Å². The Morgan fingerprint density at radius 2 is 1.48 bits per heavy atom. The second kappa shape index (κ2) is 12.0. The molecule has 0 saturated heterocycles. The molecule has 0 amide bonds. The van der Waals surface area contributed by atoms with Crippen LogP contribution in [0.25, 0.3) is 0 Å². The molecule has 2 aliphatic rings. The summed E-state index contributed by atoms with van der Waals surface area (Å²) in [6, 6.07) is 11.6. The highest BCUT2D eigenvalue weighted by Gasteiger charge is 2.24. The van der Waals surface area contributed by atoms with E-state index in [-0.39, 0.29) is 0 Å². The Bertz CT molecular complexity index is 674. The molecule has 1 nitrogen and oxygen atoms in total. The number of aryl methyl sites for hydroxylation is 1. The van der Waals surface area contributed by atoms with Gasteiger partial charge in [-0.15, -0.1) is 0 Å². The van der Waals surface area contributed by atoms with E-state index in [1.165, 1.54) is 82.6 Å². The smallest absolute Gasteiger partial charge is 0.0912 e. The van der Waals surface area contributed by atoms with Crippen molar-refractivity contribution in [3.05, 3.63) is 59.7 Å². The number of nitriles is 1. The summed E-state index contributed by atoms with van der Waals surface area (Å²) >= 11 is 0. The highest BCUT2D eigenvalue weighted by Crippen LogP contribution is 2.40. The molecule has 0 spiro atoms. The van der Waals surface area contributed by atoms with E-state index >= 15 is 0 Å². The summed E-state index contributed by atoms with van der Waals surface area (Å²) < 4.78 is 0. The number of benzene rings is 1. The molecule has 3 rings (SSSR count). The van der Waals surface area contributed by atoms with Crippen LogP contribution in [0.4, 0.5) is 0 Å². The van der Waals surface area contributed by atoms with Gasteiger partial charge in [-0.25, -0.2) is 0 Å². The number of hydrogen-bond acceptors (Lipinski definition) is 1. The van der Waals surface area contributed by atoms with Gasteiger partial charge < -0.3 is 0 Å². The molecule has 1 heteroatoms. The fourth-order valence-corrected chi connectivity index (χ4v) is 5.49. The van der Waals surface area contributed by atoms with Crippen LogP contribution in [0.3, 0.4) is 0 Å². The fraction of sp³-hybridized carbons (Fsp3) is 0.607. The van der Waals surface area contributed by atoms with Gasteiger partial charge in [0.15, 0.2) is 0 Å². The van der Waals surface area contributed by atoms with Crippen LogP contribution in [0.1, 0.15) is 94.6 Å². The van der Waals surface area contributed by atoms with E-state index in [4.69, 9.17) is 5.26 Å². The Labute approximate surface area is 178 Å². The first kappa shape index (κ1) is 21.9. The molecule has 1 aromatic rings. The minimum atomic E-state index is 0.730. The maximum Gasteiger partial charge on any atom is 0.0912 e. The zero-order chi connectivity index (χ0) is 20.3. The molecule has 156 valence electrons.